The number of anilines is 2. The van der Waals surface area contributed by atoms with Crippen LogP contribution in [0.1, 0.15) is 23.2 Å². The number of nitrogens with one attached hydrogen (secondary N) is 2. The van der Waals surface area contributed by atoms with E-state index in [1.807, 2.05) is 0 Å². The Morgan fingerprint density at radius 3 is 2.65 bits per heavy atom. The first kappa shape index (κ1) is 23.5. The number of alkyl halides is 3. The lowest BCUT2D eigenvalue weighted by molar-refractivity contribution is -0.137. The second kappa shape index (κ2) is 8.60. The molecule has 178 valence electrons. The van der Waals surface area contributed by atoms with Gasteiger partial charge in [-0.25, -0.2) is 18.4 Å². The summed E-state index contributed by atoms with van der Waals surface area (Å²) in [6.07, 6.45) is 3.37. The molecule has 8 nitrogen and oxygen atoms in total. The van der Waals surface area contributed by atoms with Crippen molar-refractivity contribution in [1.29, 1.82) is 0 Å². The third-order valence-electron chi connectivity index (χ3n) is 5.37. The number of rotatable bonds is 6. The second-order valence-electron chi connectivity index (χ2n) is 7.72. The number of sulfonamides is 1. The standard InChI is InChI=1S/C22H20F3N5O3S/c1-30(34(2,32)33)21-14(4-3-9-26-21)11-27-19-16-10-18(13-5-7-15(31)8-6-13)29-20(16)28-12-17(19)22(23,24)25/h3-7,9-10,12H,8,11H2,1-2H3,(H2,27,28,29). The first-order valence-electron chi connectivity index (χ1n) is 10.1. The number of nitrogens with zero attached hydrogens (tertiary/aromatic N) is 3. The van der Waals surface area contributed by atoms with Crippen molar-refractivity contribution in [2.24, 2.45) is 0 Å². The smallest absolute Gasteiger partial charge is 0.380 e. The summed E-state index contributed by atoms with van der Waals surface area (Å²) in [4.78, 5) is 22.5. The molecule has 0 fully saturated rings. The summed E-state index contributed by atoms with van der Waals surface area (Å²) in [7, 11) is -2.31. The van der Waals surface area contributed by atoms with E-state index in [0.717, 1.165) is 16.8 Å². The molecule has 0 unspecified atom stereocenters. The van der Waals surface area contributed by atoms with Gasteiger partial charge in [-0.15, -0.1) is 0 Å². The van der Waals surface area contributed by atoms with Gasteiger partial charge in [-0.05, 0) is 29.9 Å². The molecular weight excluding hydrogens is 471 g/mol. The number of aromatic amines is 1. The highest BCUT2D eigenvalue weighted by Crippen LogP contribution is 2.39. The average molecular weight is 491 g/mol. The van der Waals surface area contributed by atoms with Gasteiger partial charge >= 0.3 is 6.18 Å². The van der Waals surface area contributed by atoms with Crippen LogP contribution in [0.25, 0.3) is 16.6 Å². The highest BCUT2D eigenvalue weighted by atomic mass is 32.2. The van der Waals surface area contributed by atoms with Crippen molar-refractivity contribution in [1.82, 2.24) is 15.0 Å². The minimum atomic E-state index is -4.68. The number of ketones is 1. The Bertz CT molecular complexity index is 1440. The molecular formula is C22H20F3N5O3S. The van der Waals surface area contributed by atoms with E-state index in [4.69, 9.17) is 0 Å². The molecule has 0 amide bonds. The number of carbonyl (C=O) groups excluding carboxylic acids is 1. The molecule has 0 saturated carbocycles. The van der Waals surface area contributed by atoms with Crippen molar-refractivity contribution in [3.63, 3.8) is 0 Å². The van der Waals surface area contributed by atoms with Crippen LogP contribution in [0.4, 0.5) is 24.7 Å². The van der Waals surface area contributed by atoms with Crippen molar-refractivity contribution < 1.29 is 26.4 Å². The molecule has 3 heterocycles. The second-order valence-corrected chi connectivity index (χ2v) is 9.74. The van der Waals surface area contributed by atoms with Crippen molar-refractivity contribution in [2.45, 2.75) is 19.1 Å². The minimum absolute atomic E-state index is 0.0639. The van der Waals surface area contributed by atoms with Crippen LogP contribution in [0.15, 0.2) is 48.8 Å². The third kappa shape index (κ3) is 4.67. The van der Waals surface area contributed by atoms with Gasteiger partial charge in [-0.2, -0.15) is 13.2 Å². The maximum atomic E-state index is 13.8. The van der Waals surface area contributed by atoms with E-state index in [2.05, 4.69) is 20.3 Å². The van der Waals surface area contributed by atoms with E-state index in [-0.39, 0.29) is 41.3 Å². The summed E-state index contributed by atoms with van der Waals surface area (Å²) in [5.74, 6) is 0.0410. The summed E-state index contributed by atoms with van der Waals surface area (Å²) >= 11 is 0. The molecule has 12 heteroatoms. The molecule has 0 saturated heterocycles. The zero-order valence-corrected chi connectivity index (χ0v) is 19.0. The van der Waals surface area contributed by atoms with Crippen LogP contribution >= 0.6 is 0 Å². The predicted molar refractivity (Wildman–Crippen MR) is 123 cm³/mol. The number of carbonyl (C=O) groups is 1. The van der Waals surface area contributed by atoms with Crippen LogP contribution in [-0.4, -0.2) is 42.5 Å². The summed E-state index contributed by atoms with van der Waals surface area (Å²) in [6, 6.07) is 4.69. The average Bonchev–Trinajstić information content (AvgIpc) is 3.21. The van der Waals surface area contributed by atoms with Gasteiger partial charge < -0.3 is 10.3 Å². The van der Waals surface area contributed by atoms with Crippen molar-refractivity contribution in [3.8, 4) is 0 Å². The van der Waals surface area contributed by atoms with Crippen LogP contribution in [0, 0.1) is 0 Å². The van der Waals surface area contributed by atoms with Gasteiger partial charge in [0.05, 0.1) is 17.5 Å². The number of hydrogen-bond acceptors (Lipinski definition) is 6. The van der Waals surface area contributed by atoms with Gasteiger partial charge in [-0.3, -0.25) is 9.10 Å². The monoisotopic (exact) mass is 491 g/mol. The van der Waals surface area contributed by atoms with Crippen LogP contribution < -0.4 is 9.62 Å². The van der Waals surface area contributed by atoms with E-state index >= 15 is 0 Å². The number of H-pyrrole nitrogens is 1. The summed E-state index contributed by atoms with van der Waals surface area (Å²) in [6.45, 7) is -0.122. The van der Waals surface area contributed by atoms with Gasteiger partial charge in [0.2, 0.25) is 10.0 Å². The van der Waals surface area contributed by atoms with Crippen LogP contribution in [-0.2, 0) is 27.5 Å². The lowest BCUT2D eigenvalue weighted by Crippen LogP contribution is -2.27. The fraction of sp³-hybridized carbons (Fsp3) is 0.227. The molecule has 0 bridgehead atoms. The van der Waals surface area contributed by atoms with E-state index in [9.17, 15) is 26.4 Å². The summed E-state index contributed by atoms with van der Waals surface area (Å²) < 4.78 is 66.4. The van der Waals surface area contributed by atoms with Gasteiger partial charge in [0.15, 0.2) is 5.78 Å². The maximum Gasteiger partial charge on any atom is 0.419 e. The molecule has 0 atom stereocenters. The van der Waals surface area contributed by atoms with Crippen molar-refractivity contribution in [3.05, 3.63) is 65.6 Å². The van der Waals surface area contributed by atoms with E-state index in [1.54, 1.807) is 30.4 Å². The van der Waals surface area contributed by atoms with Crippen molar-refractivity contribution >= 4 is 43.9 Å². The Kier molecular flexibility index (Phi) is 5.94. The van der Waals surface area contributed by atoms with Gasteiger partial charge in [0.1, 0.15) is 11.5 Å². The largest absolute Gasteiger partial charge is 0.419 e. The minimum Gasteiger partial charge on any atom is -0.380 e. The molecule has 0 radical (unpaired) electrons. The fourth-order valence-corrected chi connectivity index (χ4v) is 4.04. The molecule has 2 N–H and O–H groups in total. The zero-order valence-electron chi connectivity index (χ0n) is 18.1. The van der Waals surface area contributed by atoms with E-state index in [1.165, 1.54) is 19.3 Å². The first-order valence-corrected chi connectivity index (χ1v) is 11.9. The number of pyridine rings is 2. The SMILES string of the molecule is CN(c1ncccc1CNc1c(C(F)(F)F)cnc2[nH]c(C3=CCC(=O)C=C3)cc12)S(C)(=O)=O. The van der Waals surface area contributed by atoms with Crippen molar-refractivity contribution in [2.75, 3.05) is 22.9 Å². The summed E-state index contributed by atoms with van der Waals surface area (Å²) in [5, 5.41) is 3.02. The molecule has 1 aliphatic carbocycles. The number of halogens is 3. The Balaban J connectivity index is 1.76. The molecule has 4 rings (SSSR count). The Morgan fingerprint density at radius 2 is 2.00 bits per heavy atom. The summed E-state index contributed by atoms with van der Waals surface area (Å²) in [5.41, 5.74) is 0.648. The number of fused-ring (bicyclic) bond motifs is 1. The fourth-order valence-electron chi connectivity index (χ4n) is 3.56. The van der Waals surface area contributed by atoms with Gasteiger partial charge in [0.25, 0.3) is 0 Å². The third-order valence-corrected chi connectivity index (χ3v) is 6.53. The molecule has 0 aliphatic heterocycles. The number of hydrogen-bond donors (Lipinski definition) is 2. The van der Waals surface area contributed by atoms with E-state index < -0.39 is 21.8 Å². The molecule has 0 aromatic carbocycles. The Hall–Kier alpha value is -3.67. The lowest BCUT2D eigenvalue weighted by atomic mass is 10.0. The van der Waals surface area contributed by atoms with E-state index in [0.29, 0.717) is 16.8 Å². The quantitative estimate of drug-likeness (QED) is 0.542. The zero-order chi connectivity index (χ0) is 24.7. The molecule has 3 aromatic heterocycles. The predicted octanol–water partition coefficient (Wildman–Crippen LogP) is 3.90. The number of aromatic nitrogens is 3. The van der Waals surface area contributed by atoms with Crippen LogP contribution in [0.3, 0.4) is 0 Å². The van der Waals surface area contributed by atoms with Crippen LogP contribution in [0.2, 0.25) is 0 Å². The molecule has 34 heavy (non-hydrogen) atoms. The Labute approximate surface area is 193 Å². The highest BCUT2D eigenvalue weighted by Gasteiger charge is 2.35. The highest BCUT2D eigenvalue weighted by molar-refractivity contribution is 7.92. The number of allylic oxidation sites excluding steroid dienone is 4. The Morgan fingerprint density at radius 1 is 1.24 bits per heavy atom. The van der Waals surface area contributed by atoms with Gasteiger partial charge in [0, 0.05) is 49.1 Å². The van der Waals surface area contributed by atoms with Crippen LogP contribution in [0.5, 0.6) is 0 Å². The lowest BCUT2D eigenvalue weighted by Gasteiger charge is -2.20. The molecule has 3 aromatic rings. The normalized spacial score (nSPS) is 14.4. The maximum absolute atomic E-state index is 13.8. The van der Waals surface area contributed by atoms with Gasteiger partial charge in [-0.1, -0.05) is 12.1 Å². The molecule has 0 spiro atoms. The molecule has 1 aliphatic rings. The topological polar surface area (TPSA) is 108 Å². The first-order chi connectivity index (χ1) is 15.9.